The molecule has 6 rings (SSSR count). The first-order chi connectivity index (χ1) is 11.8. The number of hydrogen-bond acceptors (Lipinski definition) is 2. The number of rotatable bonds is 0. The van der Waals surface area contributed by atoms with Crippen molar-refractivity contribution in [2.24, 2.45) is 21.7 Å². The number of ether oxygens (including phenoxy) is 2. The second-order valence-corrected chi connectivity index (χ2v) is 11.8. The summed E-state index contributed by atoms with van der Waals surface area (Å²) in [7, 11) is 0. The van der Waals surface area contributed by atoms with E-state index in [0.717, 1.165) is 38.5 Å². The van der Waals surface area contributed by atoms with Crippen LogP contribution in [0.15, 0.2) is 0 Å². The van der Waals surface area contributed by atoms with Crippen LogP contribution in [-0.2, 0) is 9.47 Å². The van der Waals surface area contributed by atoms with E-state index in [-0.39, 0.29) is 33.9 Å². The topological polar surface area (TPSA) is 18.5 Å². The van der Waals surface area contributed by atoms with E-state index in [1.54, 1.807) is 0 Å². The fourth-order valence-corrected chi connectivity index (χ4v) is 8.13. The molecule has 2 heterocycles. The summed E-state index contributed by atoms with van der Waals surface area (Å²) in [4.78, 5) is 0. The highest BCUT2D eigenvalue weighted by molar-refractivity contribution is 5.30. The lowest BCUT2D eigenvalue weighted by molar-refractivity contribution is -0.00817. The van der Waals surface area contributed by atoms with E-state index < -0.39 is 11.3 Å². The third-order valence-electron chi connectivity index (χ3n) is 9.13. The molecule has 2 saturated heterocycles. The van der Waals surface area contributed by atoms with Crippen molar-refractivity contribution in [3.8, 4) is 0 Å². The average Bonchev–Trinajstić information content (AvgIpc) is 2.92. The van der Waals surface area contributed by atoms with E-state index in [2.05, 4.69) is 41.5 Å². The molecule has 0 spiro atoms. The van der Waals surface area contributed by atoms with Crippen molar-refractivity contribution in [2.45, 2.75) is 116 Å². The standard InChI is InChI=1S/2C11H17FO/c2*1-7-4-9(2)5-11(12)6-10(11,3)8(9)13-7/h2*7-8H,4-6H2,1-3H3/t2*7-,8-,9-,10+,11-/m00/s1. The van der Waals surface area contributed by atoms with Gasteiger partial charge in [0, 0.05) is 10.8 Å². The predicted molar refractivity (Wildman–Crippen MR) is 96.5 cm³/mol. The first-order valence-corrected chi connectivity index (χ1v) is 10.5. The molecule has 0 unspecified atom stereocenters. The van der Waals surface area contributed by atoms with Gasteiger partial charge in [-0.3, -0.25) is 0 Å². The van der Waals surface area contributed by atoms with Crippen LogP contribution < -0.4 is 0 Å². The van der Waals surface area contributed by atoms with Gasteiger partial charge in [-0.2, -0.15) is 0 Å². The highest BCUT2D eigenvalue weighted by Gasteiger charge is 2.81. The SMILES string of the molecule is C[C@H]1C[C@@]2(C)C[C@]3(F)C[C@]3(C)[C@H]2O1.C[C@H]1C[C@@]2(C)C[C@]3(F)C[C@]3(C)[C@H]2O1. The van der Waals surface area contributed by atoms with Crippen LogP contribution in [0.2, 0.25) is 0 Å². The fraction of sp³-hybridized carbons (Fsp3) is 1.00. The predicted octanol–water partition coefficient (Wildman–Crippen LogP) is 5.38. The Morgan fingerprint density at radius 1 is 0.654 bits per heavy atom. The molecule has 148 valence electrons. The molecular weight excluding hydrogens is 334 g/mol. The maximum atomic E-state index is 14.1. The van der Waals surface area contributed by atoms with Crippen LogP contribution in [0.1, 0.15) is 80.1 Å². The van der Waals surface area contributed by atoms with Gasteiger partial charge in [0.2, 0.25) is 0 Å². The second-order valence-electron chi connectivity index (χ2n) is 11.8. The monoisotopic (exact) mass is 368 g/mol. The Morgan fingerprint density at radius 3 is 1.31 bits per heavy atom. The molecule has 4 aliphatic carbocycles. The maximum Gasteiger partial charge on any atom is 0.120 e. The Labute approximate surface area is 156 Å². The molecule has 0 N–H and O–H groups in total. The Kier molecular flexibility index (Phi) is 3.09. The molecular formula is C22H34F2O2. The minimum Gasteiger partial charge on any atom is -0.374 e. The first kappa shape index (κ1) is 17.8. The van der Waals surface area contributed by atoms with Crippen molar-refractivity contribution < 1.29 is 18.3 Å². The zero-order valence-electron chi connectivity index (χ0n) is 17.1. The maximum absolute atomic E-state index is 14.1. The van der Waals surface area contributed by atoms with Crippen LogP contribution in [0.25, 0.3) is 0 Å². The molecule has 4 heteroatoms. The normalized spacial score (nSPS) is 69.2. The van der Waals surface area contributed by atoms with Gasteiger partial charge < -0.3 is 9.47 Å². The summed E-state index contributed by atoms with van der Waals surface area (Å²) in [5.74, 6) is 0. The molecule has 6 aliphatic rings. The van der Waals surface area contributed by atoms with Crippen LogP contribution in [0.3, 0.4) is 0 Å². The Hall–Kier alpha value is -0.220. The summed E-state index contributed by atoms with van der Waals surface area (Å²) in [6.07, 6.45) is 6.02. The molecule has 26 heavy (non-hydrogen) atoms. The lowest BCUT2D eigenvalue weighted by Gasteiger charge is -2.26. The van der Waals surface area contributed by atoms with Crippen LogP contribution in [-0.4, -0.2) is 35.8 Å². The molecule has 0 aromatic rings. The van der Waals surface area contributed by atoms with Gasteiger partial charge in [0.05, 0.1) is 24.4 Å². The van der Waals surface area contributed by atoms with Gasteiger partial charge in [-0.15, -0.1) is 0 Å². The molecule has 0 radical (unpaired) electrons. The fourth-order valence-electron chi connectivity index (χ4n) is 8.13. The number of hydrogen-bond donors (Lipinski definition) is 0. The van der Waals surface area contributed by atoms with E-state index in [1.807, 2.05) is 0 Å². The van der Waals surface area contributed by atoms with Gasteiger partial charge in [-0.05, 0) is 63.2 Å². The highest BCUT2D eigenvalue weighted by atomic mass is 19.1. The molecule has 0 aromatic carbocycles. The highest BCUT2D eigenvalue weighted by Crippen LogP contribution is 2.78. The third-order valence-corrected chi connectivity index (χ3v) is 9.13. The molecule has 0 aromatic heterocycles. The van der Waals surface area contributed by atoms with Crippen LogP contribution in [0.4, 0.5) is 8.78 Å². The summed E-state index contributed by atoms with van der Waals surface area (Å²) in [6.45, 7) is 12.7. The van der Waals surface area contributed by atoms with Gasteiger partial charge in [0.25, 0.3) is 0 Å². The number of fused-ring (bicyclic) bond motifs is 6. The Bertz CT molecular complexity index is 615. The van der Waals surface area contributed by atoms with E-state index in [1.165, 1.54) is 0 Å². The summed E-state index contributed by atoms with van der Waals surface area (Å²) >= 11 is 0. The lowest BCUT2D eigenvalue weighted by Crippen LogP contribution is -2.29. The minimum absolute atomic E-state index is 0.126. The first-order valence-electron chi connectivity index (χ1n) is 10.5. The summed E-state index contributed by atoms with van der Waals surface area (Å²) in [5.41, 5.74) is -1.81. The van der Waals surface area contributed by atoms with Gasteiger partial charge in [0.1, 0.15) is 11.3 Å². The van der Waals surface area contributed by atoms with Gasteiger partial charge in [-0.1, -0.05) is 27.7 Å². The smallest absolute Gasteiger partial charge is 0.120 e. The Balaban J connectivity index is 0.000000115. The van der Waals surface area contributed by atoms with Gasteiger partial charge in [-0.25, -0.2) is 8.78 Å². The summed E-state index contributed by atoms with van der Waals surface area (Å²) in [5, 5.41) is 0. The molecule has 10 atom stereocenters. The van der Waals surface area contributed by atoms with Crippen molar-refractivity contribution in [1.82, 2.24) is 0 Å². The Morgan fingerprint density at radius 2 is 1.00 bits per heavy atom. The van der Waals surface area contributed by atoms with E-state index in [0.29, 0.717) is 12.2 Å². The van der Waals surface area contributed by atoms with Crippen molar-refractivity contribution in [3.63, 3.8) is 0 Å². The molecule has 2 aliphatic heterocycles. The number of halogens is 2. The quantitative estimate of drug-likeness (QED) is 0.571. The average molecular weight is 369 g/mol. The van der Waals surface area contributed by atoms with Crippen molar-refractivity contribution >= 4 is 0 Å². The second kappa shape index (κ2) is 4.50. The number of alkyl halides is 2. The molecule has 0 bridgehead atoms. The molecule has 2 nitrogen and oxygen atoms in total. The molecule has 4 saturated carbocycles. The minimum atomic E-state index is -0.882. The van der Waals surface area contributed by atoms with Gasteiger partial charge in [0.15, 0.2) is 0 Å². The van der Waals surface area contributed by atoms with Crippen molar-refractivity contribution in [1.29, 1.82) is 0 Å². The van der Waals surface area contributed by atoms with Crippen molar-refractivity contribution in [3.05, 3.63) is 0 Å². The van der Waals surface area contributed by atoms with Crippen LogP contribution in [0.5, 0.6) is 0 Å². The van der Waals surface area contributed by atoms with Crippen molar-refractivity contribution in [2.75, 3.05) is 0 Å². The lowest BCUT2D eigenvalue weighted by atomic mass is 9.79. The zero-order valence-corrected chi connectivity index (χ0v) is 17.1. The third kappa shape index (κ3) is 1.94. The van der Waals surface area contributed by atoms with Crippen LogP contribution >= 0.6 is 0 Å². The summed E-state index contributed by atoms with van der Waals surface area (Å²) < 4.78 is 39.9. The largest absolute Gasteiger partial charge is 0.374 e. The van der Waals surface area contributed by atoms with E-state index in [9.17, 15) is 8.78 Å². The van der Waals surface area contributed by atoms with Gasteiger partial charge >= 0.3 is 0 Å². The van der Waals surface area contributed by atoms with E-state index in [4.69, 9.17) is 9.47 Å². The molecule has 6 fully saturated rings. The molecule has 0 amide bonds. The van der Waals surface area contributed by atoms with E-state index >= 15 is 0 Å². The zero-order chi connectivity index (χ0) is 19.0. The summed E-state index contributed by atoms with van der Waals surface area (Å²) in [6, 6.07) is 0. The van der Waals surface area contributed by atoms with Crippen LogP contribution in [0, 0.1) is 21.7 Å².